The molecular weight excluding hydrogens is 363 g/mol. The van der Waals surface area contributed by atoms with Gasteiger partial charge in [0.15, 0.2) is 0 Å². The second-order valence-corrected chi connectivity index (χ2v) is 8.01. The summed E-state index contributed by atoms with van der Waals surface area (Å²) in [5.41, 5.74) is 1.49. The number of ether oxygens (including phenoxy) is 2. The zero-order chi connectivity index (χ0) is 18.0. The summed E-state index contributed by atoms with van der Waals surface area (Å²) in [4.78, 5) is 0. The Labute approximate surface area is 151 Å². The first-order valence-electron chi connectivity index (χ1n) is 7.55. The van der Waals surface area contributed by atoms with Crippen molar-refractivity contribution in [1.82, 2.24) is 0 Å². The summed E-state index contributed by atoms with van der Waals surface area (Å²) in [6.45, 7) is 0. The number of benzene rings is 2. The quantitative estimate of drug-likeness (QED) is 0.658. The molecule has 0 radical (unpaired) electrons. The lowest BCUT2D eigenvalue weighted by Crippen LogP contribution is -2.12. The van der Waals surface area contributed by atoms with Crippen molar-refractivity contribution >= 4 is 24.5 Å². The second kappa shape index (κ2) is 7.22. The third kappa shape index (κ3) is 3.46. The van der Waals surface area contributed by atoms with Gasteiger partial charge in [-0.15, -0.1) is 0 Å². The Morgan fingerprint density at radius 2 is 1.72 bits per heavy atom. The maximum Gasteiger partial charge on any atom is 0.361 e. The Balaban J connectivity index is 2.11. The van der Waals surface area contributed by atoms with E-state index in [1.165, 1.54) is 14.2 Å². The van der Waals surface area contributed by atoms with E-state index in [2.05, 4.69) is 0 Å². The Kier molecular flexibility index (Phi) is 5.21. The Morgan fingerprint density at radius 3 is 2.32 bits per heavy atom. The van der Waals surface area contributed by atoms with Crippen molar-refractivity contribution in [2.24, 2.45) is 0 Å². The van der Waals surface area contributed by atoms with Crippen LogP contribution in [-0.4, -0.2) is 21.3 Å². The highest BCUT2D eigenvalue weighted by molar-refractivity contribution is 7.65. The molecule has 2 aromatic rings. The normalized spacial score (nSPS) is 16.6. The fraction of sp³-hybridized carbons (Fsp3) is 0.222. The molecule has 1 unspecified atom stereocenters. The van der Waals surface area contributed by atoms with Crippen molar-refractivity contribution in [2.45, 2.75) is 6.10 Å². The fourth-order valence-corrected chi connectivity index (χ4v) is 4.18. The molecule has 0 aromatic heterocycles. The standard InChI is InChI=1S/C18H18ClO5P/c1-21-14-7-4-12(5-8-14)17-11-18(25(20,22-2)23-3)15-10-13(19)6-9-16(15)24-17/h4-11,17H,1-3H3. The van der Waals surface area contributed by atoms with E-state index in [1.807, 2.05) is 24.3 Å². The van der Waals surface area contributed by atoms with Crippen molar-refractivity contribution in [3.8, 4) is 11.5 Å². The van der Waals surface area contributed by atoms with Crippen molar-refractivity contribution in [1.29, 1.82) is 0 Å². The molecule has 1 aliphatic rings. The summed E-state index contributed by atoms with van der Waals surface area (Å²) in [6, 6.07) is 12.6. The SMILES string of the molecule is COc1ccc(C2C=C(P(=O)(OC)OC)c3cc(Cl)ccc3O2)cc1. The predicted octanol–water partition coefficient (Wildman–Crippen LogP) is 5.31. The van der Waals surface area contributed by atoms with Gasteiger partial charge in [-0.2, -0.15) is 0 Å². The second-order valence-electron chi connectivity index (χ2n) is 5.37. The van der Waals surface area contributed by atoms with Gasteiger partial charge in [-0.3, -0.25) is 4.57 Å². The lowest BCUT2D eigenvalue weighted by molar-refractivity contribution is 0.248. The average molecular weight is 381 g/mol. The van der Waals surface area contributed by atoms with E-state index in [9.17, 15) is 4.57 Å². The van der Waals surface area contributed by atoms with Crippen LogP contribution in [0.4, 0.5) is 0 Å². The van der Waals surface area contributed by atoms with Gasteiger partial charge in [0.2, 0.25) is 0 Å². The smallest absolute Gasteiger partial charge is 0.361 e. The van der Waals surface area contributed by atoms with Gasteiger partial charge in [-0.1, -0.05) is 23.7 Å². The topological polar surface area (TPSA) is 54.0 Å². The van der Waals surface area contributed by atoms with E-state index in [-0.39, 0.29) is 0 Å². The molecule has 1 atom stereocenters. The van der Waals surface area contributed by atoms with Gasteiger partial charge in [-0.25, -0.2) is 0 Å². The molecule has 132 valence electrons. The van der Waals surface area contributed by atoms with Gasteiger partial charge in [0, 0.05) is 24.8 Å². The first kappa shape index (κ1) is 18.0. The molecule has 0 spiro atoms. The predicted molar refractivity (Wildman–Crippen MR) is 97.4 cm³/mol. The van der Waals surface area contributed by atoms with Crippen molar-refractivity contribution in [2.75, 3.05) is 21.3 Å². The summed E-state index contributed by atoms with van der Waals surface area (Å²) in [6.07, 6.45) is 1.31. The summed E-state index contributed by atoms with van der Waals surface area (Å²) in [5.74, 6) is 1.31. The van der Waals surface area contributed by atoms with Gasteiger partial charge in [-0.05, 0) is 42.0 Å². The van der Waals surface area contributed by atoms with E-state index in [1.54, 1.807) is 31.4 Å². The van der Waals surface area contributed by atoms with Crippen molar-refractivity contribution in [3.05, 3.63) is 64.7 Å². The van der Waals surface area contributed by atoms with Crippen LogP contribution >= 0.6 is 19.2 Å². The highest BCUT2D eigenvalue weighted by atomic mass is 35.5. The molecule has 0 fully saturated rings. The minimum Gasteiger partial charge on any atom is -0.497 e. The Morgan fingerprint density at radius 1 is 1.04 bits per heavy atom. The Hall–Kier alpha value is -1.78. The van der Waals surface area contributed by atoms with Crippen LogP contribution in [0.15, 0.2) is 48.5 Å². The molecule has 1 heterocycles. The fourth-order valence-electron chi connectivity index (χ4n) is 2.68. The van der Waals surface area contributed by atoms with Crippen LogP contribution in [0.5, 0.6) is 11.5 Å². The van der Waals surface area contributed by atoms with E-state index in [0.717, 1.165) is 11.3 Å². The third-order valence-corrected chi connectivity index (χ3v) is 6.18. The highest BCUT2D eigenvalue weighted by Gasteiger charge is 2.35. The molecule has 0 N–H and O–H groups in total. The maximum absolute atomic E-state index is 13.0. The van der Waals surface area contributed by atoms with Crippen molar-refractivity contribution in [3.63, 3.8) is 0 Å². The van der Waals surface area contributed by atoms with Crippen LogP contribution in [0.25, 0.3) is 5.31 Å². The van der Waals surface area contributed by atoms with Crippen LogP contribution in [0.2, 0.25) is 5.02 Å². The van der Waals surface area contributed by atoms with Crippen LogP contribution < -0.4 is 9.47 Å². The summed E-state index contributed by atoms with van der Waals surface area (Å²) < 4.78 is 34.6. The number of hydrogen-bond acceptors (Lipinski definition) is 5. The van der Waals surface area contributed by atoms with Crippen LogP contribution in [-0.2, 0) is 13.6 Å². The molecule has 0 saturated carbocycles. The van der Waals surface area contributed by atoms with Crippen molar-refractivity contribution < 1.29 is 23.1 Å². The number of fused-ring (bicyclic) bond motifs is 1. The number of methoxy groups -OCH3 is 1. The van der Waals surface area contributed by atoms with Crippen LogP contribution in [0.1, 0.15) is 17.2 Å². The first-order valence-corrected chi connectivity index (χ1v) is 9.47. The molecule has 0 aliphatic carbocycles. The number of rotatable bonds is 5. The maximum atomic E-state index is 13.0. The van der Waals surface area contributed by atoms with Gasteiger partial charge in [0.25, 0.3) is 0 Å². The Bertz CT molecular complexity index is 839. The minimum absolute atomic E-state index is 0.432. The molecule has 25 heavy (non-hydrogen) atoms. The van der Waals surface area contributed by atoms with E-state index in [0.29, 0.717) is 21.6 Å². The zero-order valence-corrected chi connectivity index (χ0v) is 15.7. The summed E-state index contributed by atoms with van der Waals surface area (Å²) in [7, 11) is 0.833. The lowest BCUT2D eigenvalue weighted by Gasteiger charge is -2.28. The number of hydrogen-bond donors (Lipinski definition) is 0. The molecule has 1 aliphatic heterocycles. The molecule has 7 heteroatoms. The number of halogens is 1. The molecule has 0 amide bonds. The van der Waals surface area contributed by atoms with Gasteiger partial charge < -0.3 is 18.5 Å². The summed E-state index contributed by atoms with van der Waals surface area (Å²) >= 11 is 6.10. The van der Waals surface area contributed by atoms with E-state index < -0.39 is 13.7 Å². The molecular formula is C18H18ClO5P. The summed E-state index contributed by atoms with van der Waals surface area (Å²) in [5, 5.41) is 0.942. The highest BCUT2D eigenvalue weighted by Crippen LogP contribution is 2.63. The lowest BCUT2D eigenvalue weighted by atomic mass is 10.0. The van der Waals surface area contributed by atoms with E-state index in [4.69, 9.17) is 30.1 Å². The van der Waals surface area contributed by atoms with Crippen LogP contribution in [0, 0.1) is 0 Å². The van der Waals surface area contributed by atoms with E-state index >= 15 is 0 Å². The molecule has 0 saturated heterocycles. The molecule has 0 bridgehead atoms. The van der Waals surface area contributed by atoms with Crippen LogP contribution in [0.3, 0.4) is 0 Å². The molecule has 5 nitrogen and oxygen atoms in total. The monoisotopic (exact) mass is 380 g/mol. The third-order valence-electron chi connectivity index (χ3n) is 4.00. The van der Waals surface area contributed by atoms with Gasteiger partial charge in [0.05, 0.1) is 12.4 Å². The van der Waals surface area contributed by atoms with Gasteiger partial charge >= 0.3 is 7.60 Å². The average Bonchev–Trinajstić information content (AvgIpc) is 2.66. The minimum atomic E-state index is -3.48. The molecule has 3 rings (SSSR count). The largest absolute Gasteiger partial charge is 0.497 e. The zero-order valence-electron chi connectivity index (χ0n) is 14.1. The van der Waals surface area contributed by atoms with Gasteiger partial charge in [0.1, 0.15) is 17.6 Å². The first-order chi connectivity index (χ1) is 12.0. The molecule has 2 aromatic carbocycles.